The zero-order valence-electron chi connectivity index (χ0n) is 13.2. The van der Waals surface area contributed by atoms with Gasteiger partial charge in [-0.05, 0) is 18.2 Å². The summed E-state index contributed by atoms with van der Waals surface area (Å²) in [5.74, 6) is -0.870. The fourth-order valence-electron chi connectivity index (χ4n) is 2.39. The SMILES string of the molecule is CC(=O)NC[C@H]1CN(c2ccc(-n3cc(C=O)nn3)c(F)c2)C(=O)O1. The Morgan fingerprint density at radius 1 is 1.52 bits per heavy atom. The number of anilines is 1. The number of cyclic esters (lactones) is 1. The van der Waals surface area contributed by atoms with Gasteiger partial charge >= 0.3 is 6.09 Å². The van der Waals surface area contributed by atoms with Crippen LogP contribution < -0.4 is 10.2 Å². The normalized spacial score (nSPS) is 16.6. The molecule has 0 spiro atoms. The van der Waals surface area contributed by atoms with E-state index in [1.165, 1.54) is 36.2 Å². The van der Waals surface area contributed by atoms with Crippen molar-refractivity contribution in [1.82, 2.24) is 20.3 Å². The van der Waals surface area contributed by atoms with Crippen molar-refractivity contribution >= 4 is 24.0 Å². The molecule has 2 amide bonds. The highest BCUT2D eigenvalue weighted by molar-refractivity contribution is 5.90. The maximum absolute atomic E-state index is 14.4. The Balaban J connectivity index is 1.77. The molecule has 0 aliphatic carbocycles. The van der Waals surface area contributed by atoms with Crippen molar-refractivity contribution in [3.05, 3.63) is 35.9 Å². The van der Waals surface area contributed by atoms with Gasteiger partial charge in [0, 0.05) is 6.92 Å². The molecule has 1 fully saturated rings. The van der Waals surface area contributed by atoms with Crippen LogP contribution in [0.25, 0.3) is 5.69 Å². The second-order valence-corrected chi connectivity index (χ2v) is 5.40. The van der Waals surface area contributed by atoms with Crippen LogP contribution in [0.1, 0.15) is 17.4 Å². The number of carbonyl (C=O) groups is 3. The summed E-state index contributed by atoms with van der Waals surface area (Å²) in [6, 6.07) is 4.12. The fourth-order valence-corrected chi connectivity index (χ4v) is 2.39. The molecule has 1 N–H and O–H groups in total. The molecule has 3 rings (SSSR count). The molecular weight excluding hydrogens is 333 g/mol. The van der Waals surface area contributed by atoms with E-state index < -0.39 is 18.0 Å². The van der Waals surface area contributed by atoms with E-state index in [9.17, 15) is 18.8 Å². The predicted octanol–water partition coefficient (Wildman–Crippen LogP) is 0.680. The summed E-state index contributed by atoms with van der Waals surface area (Å²) in [6.45, 7) is 1.74. The van der Waals surface area contributed by atoms with Crippen molar-refractivity contribution in [1.29, 1.82) is 0 Å². The number of ether oxygens (including phenoxy) is 1. The van der Waals surface area contributed by atoms with Gasteiger partial charge in [0.25, 0.3) is 0 Å². The van der Waals surface area contributed by atoms with Gasteiger partial charge in [0.15, 0.2) is 12.1 Å². The van der Waals surface area contributed by atoms with Crippen LogP contribution in [0.2, 0.25) is 0 Å². The Labute approximate surface area is 141 Å². The summed E-state index contributed by atoms with van der Waals surface area (Å²) in [6.07, 6.45) is 0.667. The summed E-state index contributed by atoms with van der Waals surface area (Å²) in [5, 5.41) is 9.80. The smallest absolute Gasteiger partial charge is 0.414 e. The van der Waals surface area contributed by atoms with E-state index in [-0.39, 0.29) is 30.4 Å². The summed E-state index contributed by atoms with van der Waals surface area (Å²) >= 11 is 0. The number of hydrogen-bond donors (Lipinski definition) is 1. The minimum absolute atomic E-state index is 0.0763. The standard InChI is InChI=1S/C15H14FN5O4/c1-9(23)17-5-12-7-20(15(24)25-12)11-2-3-14(13(16)4-11)21-6-10(8-22)18-19-21/h2-4,6,8,12H,5,7H2,1H3,(H,17,23)/t12-/m0/s1. The molecule has 9 nitrogen and oxygen atoms in total. The molecule has 1 aromatic heterocycles. The number of halogens is 1. The van der Waals surface area contributed by atoms with Gasteiger partial charge < -0.3 is 10.1 Å². The molecule has 25 heavy (non-hydrogen) atoms. The lowest BCUT2D eigenvalue weighted by molar-refractivity contribution is -0.119. The first-order valence-electron chi connectivity index (χ1n) is 7.38. The average Bonchev–Trinajstić information content (AvgIpc) is 3.19. The van der Waals surface area contributed by atoms with E-state index >= 15 is 0 Å². The second-order valence-electron chi connectivity index (χ2n) is 5.40. The monoisotopic (exact) mass is 347 g/mol. The second kappa shape index (κ2) is 6.67. The van der Waals surface area contributed by atoms with Crippen LogP contribution in [0.3, 0.4) is 0 Å². The highest BCUT2D eigenvalue weighted by atomic mass is 19.1. The Hall–Kier alpha value is -3.30. The molecule has 2 heterocycles. The van der Waals surface area contributed by atoms with Crippen molar-refractivity contribution < 1.29 is 23.5 Å². The Morgan fingerprint density at radius 2 is 2.32 bits per heavy atom. The number of aldehydes is 1. The molecule has 1 saturated heterocycles. The minimum atomic E-state index is -0.641. The Kier molecular flexibility index (Phi) is 4.42. The average molecular weight is 347 g/mol. The van der Waals surface area contributed by atoms with Crippen LogP contribution in [0, 0.1) is 5.82 Å². The molecule has 0 unspecified atom stereocenters. The maximum Gasteiger partial charge on any atom is 0.414 e. The first-order valence-corrected chi connectivity index (χ1v) is 7.38. The first kappa shape index (κ1) is 16.6. The van der Waals surface area contributed by atoms with Crippen LogP contribution in [-0.2, 0) is 9.53 Å². The Morgan fingerprint density at radius 3 is 2.96 bits per heavy atom. The number of aromatic nitrogens is 3. The van der Waals surface area contributed by atoms with Crippen molar-refractivity contribution in [2.24, 2.45) is 0 Å². The predicted molar refractivity (Wildman–Crippen MR) is 83.0 cm³/mol. The molecule has 1 aliphatic rings. The lowest BCUT2D eigenvalue weighted by Crippen LogP contribution is -2.33. The molecule has 1 aliphatic heterocycles. The van der Waals surface area contributed by atoms with E-state index in [1.54, 1.807) is 0 Å². The number of benzene rings is 1. The molecule has 10 heteroatoms. The van der Waals surface area contributed by atoms with E-state index in [1.807, 2.05) is 0 Å². The van der Waals surface area contributed by atoms with Gasteiger partial charge in [0.05, 0.1) is 25.0 Å². The zero-order valence-corrected chi connectivity index (χ0v) is 13.2. The number of nitrogens with one attached hydrogen (secondary N) is 1. The maximum atomic E-state index is 14.4. The Bertz CT molecular complexity index is 837. The van der Waals surface area contributed by atoms with E-state index in [0.29, 0.717) is 12.0 Å². The number of carbonyl (C=O) groups excluding carboxylic acids is 3. The molecular formula is C15H14FN5O4. The molecule has 0 radical (unpaired) electrons. The topological polar surface area (TPSA) is 106 Å². The lowest BCUT2D eigenvalue weighted by atomic mass is 10.2. The van der Waals surface area contributed by atoms with Crippen molar-refractivity contribution in [3.63, 3.8) is 0 Å². The van der Waals surface area contributed by atoms with Gasteiger partial charge in [0.1, 0.15) is 17.5 Å². The molecule has 1 atom stereocenters. The van der Waals surface area contributed by atoms with Crippen LogP contribution >= 0.6 is 0 Å². The summed E-state index contributed by atoms with van der Waals surface area (Å²) in [4.78, 5) is 34.8. The minimum Gasteiger partial charge on any atom is -0.442 e. The lowest BCUT2D eigenvalue weighted by Gasteiger charge is -2.14. The summed E-state index contributed by atoms with van der Waals surface area (Å²) < 4.78 is 20.6. The van der Waals surface area contributed by atoms with E-state index in [4.69, 9.17) is 4.74 Å². The van der Waals surface area contributed by atoms with Crippen LogP contribution in [0.15, 0.2) is 24.4 Å². The van der Waals surface area contributed by atoms with Gasteiger partial charge in [-0.1, -0.05) is 5.21 Å². The van der Waals surface area contributed by atoms with Crippen LogP contribution in [-0.4, -0.2) is 52.5 Å². The molecule has 0 bridgehead atoms. The van der Waals surface area contributed by atoms with Crippen LogP contribution in [0.5, 0.6) is 0 Å². The van der Waals surface area contributed by atoms with E-state index in [2.05, 4.69) is 15.6 Å². The summed E-state index contributed by atoms with van der Waals surface area (Å²) in [5.41, 5.74) is 0.478. The summed E-state index contributed by atoms with van der Waals surface area (Å²) in [7, 11) is 0. The van der Waals surface area contributed by atoms with Crippen molar-refractivity contribution in [3.8, 4) is 5.69 Å². The van der Waals surface area contributed by atoms with Crippen molar-refractivity contribution in [2.75, 3.05) is 18.0 Å². The molecule has 0 saturated carbocycles. The number of rotatable bonds is 5. The van der Waals surface area contributed by atoms with Crippen LogP contribution in [0.4, 0.5) is 14.9 Å². The zero-order chi connectivity index (χ0) is 18.0. The highest BCUT2D eigenvalue weighted by Crippen LogP contribution is 2.25. The molecule has 1 aromatic carbocycles. The van der Waals surface area contributed by atoms with Gasteiger partial charge in [-0.2, -0.15) is 0 Å². The number of hydrogen-bond acceptors (Lipinski definition) is 6. The number of amides is 2. The highest BCUT2D eigenvalue weighted by Gasteiger charge is 2.32. The third-order valence-corrected chi connectivity index (χ3v) is 3.57. The van der Waals surface area contributed by atoms with Gasteiger partial charge in [-0.15, -0.1) is 5.10 Å². The quantitative estimate of drug-likeness (QED) is 0.797. The van der Waals surface area contributed by atoms with Gasteiger partial charge in [-0.3, -0.25) is 14.5 Å². The fraction of sp³-hybridized carbons (Fsp3) is 0.267. The third kappa shape index (κ3) is 3.47. The van der Waals surface area contributed by atoms with E-state index in [0.717, 1.165) is 4.68 Å². The number of nitrogens with zero attached hydrogens (tertiary/aromatic N) is 4. The van der Waals surface area contributed by atoms with Gasteiger partial charge in [0.2, 0.25) is 5.91 Å². The third-order valence-electron chi connectivity index (χ3n) is 3.57. The first-order chi connectivity index (χ1) is 12.0. The molecule has 2 aromatic rings. The largest absolute Gasteiger partial charge is 0.442 e. The molecule has 130 valence electrons. The van der Waals surface area contributed by atoms with Crippen molar-refractivity contribution in [2.45, 2.75) is 13.0 Å². The van der Waals surface area contributed by atoms with Gasteiger partial charge in [-0.25, -0.2) is 13.9 Å².